The third kappa shape index (κ3) is 7.80. The third-order valence-corrected chi connectivity index (χ3v) is 4.88. The first-order chi connectivity index (χ1) is 12.3. The number of nitrogens with one attached hydrogen (secondary N) is 2. The zero-order valence-corrected chi connectivity index (χ0v) is 18.3. The summed E-state index contributed by atoms with van der Waals surface area (Å²) in [5.74, 6) is 0.998. The molecule has 3 rings (SSSR count). The minimum absolute atomic E-state index is 0. The summed E-state index contributed by atoms with van der Waals surface area (Å²) < 4.78 is 0. The van der Waals surface area contributed by atoms with Crippen LogP contribution in [0.5, 0.6) is 0 Å². The van der Waals surface area contributed by atoms with Crippen LogP contribution in [0.15, 0.2) is 35.3 Å². The molecule has 1 aliphatic carbocycles. The topological polar surface area (TPSA) is 42.9 Å². The second kappa shape index (κ2) is 11.8. The van der Waals surface area contributed by atoms with Gasteiger partial charge in [0.2, 0.25) is 0 Å². The van der Waals surface area contributed by atoms with Crippen LogP contribution in [-0.4, -0.2) is 67.6 Å². The summed E-state index contributed by atoms with van der Waals surface area (Å²) in [6.07, 6.45) is 3.72. The molecule has 1 aliphatic heterocycles. The van der Waals surface area contributed by atoms with Crippen molar-refractivity contribution in [2.75, 3.05) is 45.8 Å². The van der Waals surface area contributed by atoms with E-state index in [0.29, 0.717) is 6.04 Å². The number of benzene rings is 1. The molecular formula is C20H34IN5. The fourth-order valence-corrected chi connectivity index (χ4v) is 3.24. The number of piperazine rings is 1. The molecule has 26 heavy (non-hydrogen) atoms. The molecule has 146 valence electrons. The molecule has 1 aromatic carbocycles. The van der Waals surface area contributed by atoms with Crippen LogP contribution < -0.4 is 10.6 Å². The summed E-state index contributed by atoms with van der Waals surface area (Å²) >= 11 is 0. The summed E-state index contributed by atoms with van der Waals surface area (Å²) in [5, 5.41) is 6.82. The van der Waals surface area contributed by atoms with Crippen LogP contribution in [0.4, 0.5) is 0 Å². The Bertz CT molecular complexity index is 524. The minimum atomic E-state index is 0. The zero-order valence-electron chi connectivity index (χ0n) is 16.0. The summed E-state index contributed by atoms with van der Waals surface area (Å²) in [6, 6.07) is 11.5. The van der Waals surface area contributed by atoms with Crippen LogP contribution in [-0.2, 0) is 6.54 Å². The number of halogens is 1. The molecule has 0 spiro atoms. The molecule has 2 aliphatic rings. The molecule has 1 aromatic rings. The van der Waals surface area contributed by atoms with Crippen molar-refractivity contribution in [1.29, 1.82) is 0 Å². The minimum Gasteiger partial charge on any atom is -0.357 e. The maximum Gasteiger partial charge on any atom is 0.191 e. The Labute approximate surface area is 175 Å². The smallest absolute Gasteiger partial charge is 0.191 e. The Morgan fingerprint density at radius 1 is 1.08 bits per heavy atom. The molecule has 0 bridgehead atoms. The van der Waals surface area contributed by atoms with Gasteiger partial charge in [-0.1, -0.05) is 30.3 Å². The lowest BCUT2D eigenvalue weighted by molar-refractivity contribution is 0.127. The summed E-state index contributed by atoms with van der Waals surface area (Å²) in [5.41, 5.74) is 1.42. The molecule has 0 amide bonds. The Hall–Kier alpha value is -0.860. The van der Waals surface area contributed by atoms with Gasteiger partial charge in [0.1, 0.15) is 0 Å². The number of rotatable bonds is 8. The fourth-order valence-electron chi connectivity index (χ4n) is 3.24. The van der Waals surface area contributed by atoms with E-state index in [0.717, 1.165) is 38.6 Å². The molecule has 0 aromatic heterocycles. The van der Waals surface area contributed by atoms with E-state index in [1.54, 1.807) is 0 Å². The molecule has 0 unspecified atom stereocenters. The maximum absolute atomic E-state index is 4.71. The number of hydrogen-bond donors (Lipinski definition) is 2. The molecule has 5 nitrogen and oxygen atoms in total. The van der Waals surface area contributed by atoms with Gasteiger partial charge in [0, 0.05) is 58.4 Å². The van der Waals surface area contributed by atoms with E-state index in [9.17, 15) is 0 Å². The Morgan fingerprint density at radius 3 is 2.42 bits per heavy atom. The lowest BCUT2D eigenvalue weighted by Crippen LogP contribution is -2.46. The van der Waals surface area contributed by atoms with E-state index < -0.39 is 0 Å². The summed E-state index contributed by atoms with van der Waals surface area (Å²) in [4.78, 5) is 9.85. The molecule has 6 heteroatoms. The van der Waals surface area contributed by atoms with Crippen LogP contribution in [0.1, 0.15) is 31.7 Å². The fraction of sp³-hybridized carbons (Fsp3) is 0.650. The SMILES string of the molecule is CCNC(=NCCCN1CCN(Cc2ccccc2)CC1)NC1CC1.I. The summed E-state index contributed by atoms with van der Waals surface area (Å²) in [7, 11) is 0. The van der Waals surface area contributed by atoms with Gasteiger partial charge in [0.15, 0.2) is 5.96 Å². The van der Waals surface area contributed by atoms with Gasteiger partial charge in [-0.2, -0.15) is 0 Å². The van der Waals surface area contributed by atoms with Gasteiger partial charge >= 0.3 is 0 Å². The van der Waals surface area contributed by atoms with Crippen LogP contribution in [0.3, 0.4) is 0 Å². The van der Waals surface area contributed by atoms with Crippen LogP contribution in [0.2, 0.25) is 0 Å². The van der Waals surface area contributed by atoms with E-state index in [2.05, 4.69) is 57.7 Å². The van der Waals surface area contributed by atoms with Crippen LogP contribution in [0.25, 0.3) is 0 Å². The van der Waals surface area contributed by atoms with E-state index in [-0.39, 0.29) is 24.0 Å². The summed E-state index contributed by atoms with van der Waals surface area (Å²) in [6.45, 7) is 10.9. The highest BCUT2D eigenvalue weighted by Gasteiger charge is 2.22. The van der Waals surface area contributed by atoms with Crippen LogP contribution >= 0.6 is 24.0 Å². The zero-order chi connectivity index (χ0) is 17.3. The first kappa shape index (κ1) is 21.4. The van der Waals surface area contributed by atoms with Crippen molar-refractivity contribution in [2.45, 2.75) is 38.8 Å². The monoisotopic (exact) mass is 471 g/mol. The predicted octanol–water partition coefficient (Wildman–Crippen LogP) is 2.53. The van der Waals surface area contributed by atoms with Crippen molar-refractivity contribution >= 4 is 29.9 Å². The van der Waals surface area contributed by atoms with Gasteiger partial charge in [-0.05, 0) is 31.7 Å². The van der Waals surface area contributed by atoms with Crippen molar-refractivity contribution in [3.05, 3.63) is 35.9 Å². The first-order valence-electron chi connectivity index (χ1n) is 9.87. The molecular weight excluding hydrogens is 437 g/mol. The molecule has 0 radical (unpaired) electrons. The van der Waals surface area contributed by atoms with Crippen molar-refractivity contribution in [2.24, 2.45) is 4.99 Å². The Kier molecular flexibility index (Phi) is 9.71. The first-order valence-corrected chi connectivity index (χ1v) is 9.87. The number of guanidine groups is 1. The molecule has 1 saturated heterocycles. The number of nitrogens with zero attached hydrogens (tertiary/aromatic N) is 3. The predicted molar refractivity (Wildman–Crippen MR) is 120 cm³/mol. The van der Waals surface area contributed by atoms with Crippen molar-refractivity contribution < 1.29 is 0 Å². The van der Waals surface area contributed by atoms with Crippen molar-refractivity contribution in [3.63, 3.8) is 0 Å². The van der Waals surface area contributed by atoms with Crippen molar-refractivity contribution in [1.82, 2.24) is 20.4 Å². The van der Waals surface area contributed by atoms with E-state index >= 15 is 0 Å². The molecule has 1 saturated carbocycles. The maximum atomic E-state index is 4.71. The molecule has 2 N–H and O–H groups in total. The third-order valence-electron chi connectivity index (χ3n) is 4.88. The highest BCUT2D eigenvalue weighted by Crippen LogP contribution is 2.18. The lowest BCUT2D eigenvalue weighted by atomic mass is 10.2. The van der Waals surface area contributed by atoms with E-state index in [1.165, 1.54) is 44.6 Å². The highest BCUT2D eigenvalue weighted by atomic mass is 127. The quantitative estimate of drug-likeness (QED) is 0.265. The largest absolute Gasteiger partial charge is 0.357 e. The Balaban J connectivity index is 0.00000243. The Morgan fingerprint density at radius 2 is 1.77 bits per heavy atom. The van der Waals surface area contributed by atoms with Gasteiger partial charge in [-0.25, -0.2) is 0 Å². The highest BCUT2D eigenvalue weighted by molar-refractivity contribution is 14.0. The average Bonchev–Trinajstić information content (AvgIpc) is 3.45. The number of hydrogen-bond acceptors (Lipinski definition) is 3. The molecule has 0 atom stereocenters. The van der Waals surface area contributed by atoms with Crippen LogP contribution in [0, 0.1) is 0 Å². The standard InChI is InChI=1S/C20H33N5.HI/c1-2-21-20(23-19-9-10-19)22-11-6-12-24-13-15-25(16-14-24)17-18-7-4-3-5-8-18;/h3-5,7-8,19H,2,6,9-17H2,1H3,(H2,21,22,23);1H. The molecule has 1 heterocycles. The molecule has 2 fully saturated rings. The second-order valence-electron chi connectivity index (χ2n) is 7.14. The van der Waals surface area contributed by atoms with Gasteiger partial charge in [0.25, 0.3) is 0 Å². The normalized spacial score (nSPS) is 19.0. The average molecular weight is 471 g/mol. The van der Waals surface area contributed by atoms with Gasteiger partial charge in [-0.3, -0.25) is 9.89 Å². The lowest BCUT2D eigenvalue weighted by Gasteiger charge is -2.34. The van der Waals surface area contributed by atoms with Gasteiger partial charge < -0.3 is 15.5 Å². The van der Waals surface area contributed by atoms with E-state index in [1.807, 2.05) is 0 Å². The van der Waals surface area contributed by atoms with Crippen molar-refractivity contribution in [3.8, 4) is 0 Å². The second-order valence-corrected chi connectivity index (χ2v) is 7.14. The van der Waals surface area contributed by atoms with E-state index in [4.69, 9.17) is 4.99 Å². The van der Waals surface area contributed by atoms with Gasteiger partial charge in [-0.15, -0.1) is 24.0 Å². The number of aliphatic imine (C=N–C) groups is 1. The van der Waals surface area contributed by atoms with Gasteiger partial charge in [0.05, 0.1) is 0 Å².